The van der Waals surface area contributed by atoms with Crippen LogP contribution >= 0.6 is 0 Å². The zero-order valence-electron chi connectivity index (χ0n) is 8.23. The summed E-state index contributed by atoms with van der Waals surface area (Å²) < 4.78 is 1.86. The molecule has 0 aromatic carbocycles. The molecule has 74 valence electrons. The number of rotatable bonds is 2. The topological polar surface area (TPSA) is 49.6 Å². The molecule has 0 aliphatic heterocycles. The maximum Gasteiger partial charge on any atom is 0.155 e. The Morgan fingerprint density at radius 1 is 1.50 bits per heavy atom. The monoisotopic (exact) mass is 191 g/mol. The van der Waals surface area contributed by atoms with Crippen LogP contribution in [0.4, 0.5) is 0 Å². The molecule has 2 N–H and O–H groups in total. The van der Waals surface area contributed by atoms with Crippen LogP contribution in [-0.2, 0) is 5.72 Å². The molecule has 0 bridgehead atoms. The van der Waals surface area contributed by atoms with Crippen LogP contribution in [0, 0.1) is 0 Å². The van der Waals surface area contributed by atoms with E-state index in [-0.39, 0.29) is 0 Å². The predicted molar refractivity (Wildman–Crippen MR) is 53.8 cm³/mol. The molecule has 0 aliphatic rings. The lowest BCUT2D eigenvalue weighted by molar-refractivity contribution is 0.0230. The Balaban J connectivity index is 2.64. The maximum absolute atomic E-state index is 10.0. The lowest BCUT2D eigenvalue weighted by Gasteiger charge is -2.21. The molecule has 0 amide bonds. The number of aliphatic hydroxyl groups is 1. The van der Waals surface area contributed by atoms with Crippen molar-refractivity contribution in [3.63, 3.8) is 0 Å². The highest BCUT2D eigenvalue weighted by Crippen LogP contribution is 2.17. The van der Waals surface area contributed by atoms with E-state index in [2.05, 4.69) is 10.3 Å². The lowest BCUT2D eigenvalue weighted by atomic mass is 10.2. The molecule has 4 heteroatoms. The largest absolute Gasteiger partial charge is 0.370 e. The summed E-state index contributed by atoms with van der Waals surface area (Å²) in [5.74, 6) is 0. The Hall–Kier alpha value is -1.39. The van der Waals surface area contributed by atoms with Gasteiger partial charge in [0, 0.05) is 6.20 Å². The second-order valence-corrected chi connectivity index (χ2v) is 3.39. The fraction of sp³-hybridized carbons (Fsp3) is 0.300. The Kier molecular flexibility index (Phi) is 2.02. The number of nitrogens with zero attached hydrogens (tertiary/aromatic N) is 2. The molecular weight excluding hydrogens is 178 g/mol. The van der Waals surface area contributed by atoms with Gasteiger partial charge in [-0.3, -0.25) is 9.72 Å². The van der Waals surface area contributed by atoms with E-state index in [1.165, 1.54) is 0 Å². The molecule has 2 rings (SSSR count). The number of pyridine rings is 1. The van der Waals surface area contributed by atoms with Crippen LogP contribution in [0.15, 0.2) is 30.6 Å². The summed E-state index contributed by atoms with van der Waals surface area (Å²) >= 11 is 0. The molecule has 0 saturated carbocycles. The molecule has 4 nitrogen and oxygen atoms in total. The van der Waals surface area contributed by atoms with Gasteiger partial charge in [-0.2, -0.15) is 0 Å². The number of hydrogen-bond donors (Lipinski definition) is 2. The van der Waals surface area contributed by atoms with Crippen LogP contribution in [-0.4, -0.2) is 21.5 Å². The first-order valence-corrected chi connectivity index (χ1v) is 4.49. The smallest absolute Gasteiger partial charge is 0.155 e. The van der Waals surface area contributed by atoms with Gasteiger partial charge >= 0.3 is 0 Å². The van der Waals surface area contributed by atoms with Crippen LogP contribution in [0.2, 0.25) is 0 Å². The standard InChI is InChI=1S/C10H13N3O/c1-10(14,11-2)8-7-12-9-5-3-4-6-13(8)9/h3-7,11,14H,1-2H3. The van der Waals surface area contributed by atoms with Gasteiger partial charge in [0.1, 0.15) is 5.65 Å². The second kappa shape index (κ2) is 3.08. The first kappa shape index (κ1) is 9.18. The minimum absolute atomic E-state index is 0.732. The highest BCUT2D eigenvalue weighted by molar-refractivity contribution is 5.40. The second-order valence-electron chi connectivity index (χ2n) is 3.39. The lowest BCUT2D eigenvalue weighted by Crippen LogP contribution is -2.37. The number of fused-ring (bicyclic) bond motifs is 1. The SMILES string of the molecule is CNC(C)(O)c1cnc2ccccn12. The summed E-state index contributed by atoms with van der Waals surface area (Å²) in [6.45, 7) is 1.70. The van der Waals surface area contributed by atoms with Crippen molar-refractivity contribution >= 4 is 5.65 Å². The molecule has 0 radical (unpaired) electrons. The Morgan fingerprint density at radius 2 is 2.29 bits per heavy atom. The molecule has 1 unspecified atom stereocenters. The van der Waals surface area contributed by atoms with E-state index in [9.17, 15) is 5.11 Å². The molecule has 0 saturated heterocycles. The van der Waals surface area contributed by atoms with Gasteiger partial charge in [0.15, 0.2) is 5.72 Å². The molecule has 0 aliphatic carbocycles. The van der Waals surface area contributed by atoms with Crippen molar-refractivity contribution in [2.24, 2.45) is 0 Å². The van der Waals surface area contributed by atoms with E-state index < -0.39 is 5.72 Å². The fourth-order valence-electron chi connectivity index (χ4n) is 1.42. The number of aromatic nitrogens is 2. The molecule has 1 atom stereocenters. The van der Waals surface area contributed by atoms with E-state index in [1.54, 1.807) is 20.2 Å². The van der Waals surface area contributed by atoms with Crippen LogP contribution in [0.5, 0.6) is 0 Å². The molecule has 2 aromatic rings. The van der Waals surface area contributed by atoms with Crippen LogP contribution < -0.4 is 5.32 Å². The number of imidazole rings is 1. The summed E-state index contributed by atoms with van der Waals surface area (Å²) in [5, 5.41) is 12.8. The third kappa shape index (κ3) is 1.29. The van der Waals surface area contributed by atoms with Crippen molar-refractivity contribution in [1.82, 2.24) is 14.7 Å². The van der Waals surface area contributed by atoms with Gasteiger partial charge in [-0.1, -0.05) is 6.07 Å². The van der Waals surface area contributed by atoms with Crippen molar-refractivity contribution in [2.45, 2.75) is 12.6 Å². The summed E-state index contributed by atoms with van der Waals surface area (Å²) in [6.07, 6.45) is 3.55. The number of nitrogens with one attached hydrogen (secondary N) is 1. The van der Waals surface area contributed by atoms with Crippen molar-refractivity contribution in [3.05, 3.63) is 36.3 Å². The van der Waals surface area contributed by atoms with Crippen LogP contribution in [0.1, 0.15) is 12.6 Å². The Bertz CT molecular complexity index is 447. The van der Waals surface area contributed by atoms with Gasteiger partial charge in [0.2, 0.25) is 0 Å². The van der Waals surface area contributed by atoms with E-state index >= 15 is 0 Å². The van der Waals surface area contributed by atoms with Gasteiger partial charge in [0.25, 0.3) is 0 Å². The minimum atomic E-state index is -1.05. The summed E-state index contributed by atoms with van der Waals surface area (Å²) in [7, 11) is 1.71. The minimum Gasteiger partial charge on any atom is -0.370 e. The van der Waals surface area contributed by atoms with Crippen molar-refractivity contribution in [3.8, 4) is 0 Å². The van der Waals surface area contributed by atoms with Crippen molar-refractivity contribution in [1.29, 1.82) is 0 Å². The first-order chi connectivity index (χ1) is 6.65. The van der Waals surface area contributed by atoms with Gasteiger partial charge in [-0.25, -0.2) is 4.98 Å². The van der Waals surface area contributed by atoms with E-state index in [0.29, 0.717) is 0 Å². The zero-order valence-corrected chi connectivity index (χ0v) is 8.23. The average Bonchev–Trinajstić information content (AvgIpc) is 2.61. The van der Waals surface area contributed by atoms with Crippen molar-refractivity contribution in [2.75, 3.05) is 7.05 Å². The molecular formula is C10H13N3O. The summed E-state index contributed by atoms with van der Waals surface area (Å²) in [4.78, 5) is 4.20. The molecule has 2 heterocycles. The predicted octanol–water partition coefficient (Wildman–Crippen LogP) is 0.719. The highest BCUT2D eigenvalue weighted by atomic mass is 16.3. The quantitative estimate of drug-likeness (QED) is 0.688. The normalized spacial score (nSPS) is 15.6. The molecule has 2 aromatic heterocycles. The average molecular weight is 191 g/mol. The third-order valence-corrected chi connectivity index (χ3v) is 2.40. The van der Waals surface area contributed by atoms with E-state index in [4.69, 9.17) is 0 Å². The Labute approximate surface area is 82.2 Å². The molecule has 14 heavy (non-hydrogen) atoms. The summed E-state index contributed by atoms with van der Waals surface area (Å²) in [5.41, 5.74) is 0.509. The molecule has 0 fully saturated rings. The van der Waals surface area contributed by atoms with E-state index in [0.717, 1.165) is 11.3 Å². The maximum atomic E-state index is 10.0. The number of hydrogen-bond acceptors (Lipinski definition) is 3. The van der Waals surface area contributed by atoms with Gasteiger partial charge < -0.3 is 5.11 Å². The zero-order chi connectivity index (χ0) is 10.2. The summed E-state index contributed by atoms with van der Waals surface area (Å²) in [6, 6.07) is 5.72. The van der Waals surface area contributed by atoms with Gasteiger partial charge in [-0.15, -0.1) is 0 Å². The first-order valence-electron chi connectivity index (χ1n) is 4.49. The Morgan fingerprint density at radius 3 is 3.00 bits per heavy atom. The highest BCUT2D eigenvalue weighted by Gasteiger charge is 2.23. The van der Waals surface area contributed by atoms with Gasteiger partial charge in [0.05, 0.1) is 11.9 Å². The fourth-order valence-corrected chi connectivity index (χ4v) is 1.42. The van der Waals surface area contributed by atoms with Crippen molar-refractivity contribution < 1.29 is 5.11 Å². The van der Waals surface area contributed by atoms with Crippen LogP contribution in [0.25, 0.3) is 5.65 Å². The van der Waals surface area contributed by atoms with E-state index in [1.807, 2.05) is 28.8 Å². The third-order valence-electron chi connectivity index (χ3n) is 2.40. The molecule has 0 spiro atoms. The van der Waals surface area contributed by atoms with Gasteiger partial charge in [-0.05, 0) is 26.1 Å². The van der Waals surface area contributed by atoms with Crippen LogP contribution in [0.3, 0.4) is 0 Å².